The summed E-state index contributed by atoms with van der Waals surface area (Å²) in [6.45, 7) is 3.10. The maximum atomic E-state index is 12.7. The van der Waals surface area contributed by atoms with Crippen LogP contribution in [0.5, 0.6) is 11.5 Å². The topological polar surface area (TPSA) is 122 Å². The van der Waals surface area contributed by atoms with E-state index in [2.05, 4.69) is 5.32 Å². The van der Waals surface area contributed by atoms with Crippen LogP contribution in [0.1, 0.15) is 24.8 Å². The fourth-order valence-electron chi connectivity index (χ4n) is 4.23. The highest BCUT2D eigenvalue weighted by molar-refractivity contribution is 7.92. The number of ether oxygens (including phenoxy) is 2. The van der Waals surface area contributed by atoms with Gasteiger partial charge in [-0.05, 0) is 61.7 Å². The van der Waals surface area contributed by atoms with Gasteiger partial charge in [-0.25, -0.2) is 16.8 Å². The molecule has 0 aliphatic carbocycles. The zero-order chi connectivity index (χ0) is 25.9. The first-order valence-corrected chi connectivity index (χ1v) is 15.1. The summed E-state index contributed by atoms with van der Waals surface area (Å²) in [4.78, 5) is 12.9. The number of sulfonamides is 2. The molecule has 2 aliphatic rings. The third-order valence-corrected chi connectivity index (χ3v) is 9.18. The molecular formula is C24H31N3O7S2. The molecule has 36 heavy (non-hydrogen) atoms. The minimum Gasteiger partial charge on any atom is -0.492 e. The molecule has 4 rings (SSSR count). The summed E-state index contributed by atoms with van der Waals surface area (Å²) in [6, 6.07) is 11.4. The molecule has 196 valence electrons. The maximum Gasteiger partial charge on any atom is 0.263 e. The molecule has 0 aromatic heterocycles. The zero-order valence-electron chi connectivity index (χ0n) is 20.3. The summed E-state index contributed by atoms with van der Waals surface area (Å²) < 4.78 is 64.2. The fourth-order valence-corrected chi connectivity index (χ4v) is 6.66. The molecule has 0 bridgehead atoms. The number of hydrogen-bond donors (Lipinski definition) is 1. The van der Waals surface area contributed by atoms with Crippen LogP contribution in [0, 0.1) is 6.92 Å². The standard InChI is InChI=1S/C24H31N3O7S2/c1-18-6-11-21-22(16-18)34-23(17-27(21)35(2,29)30)24(28)25-12-15-33-19-7-9-20(10-8-19)36(31,32)26-13-4-3-5-14-26/h6-11,16,23H,3-5,12-15,17H2,1-2H3,(H,25,28). The van der Waals surface area contributed by atoms with Crippen molar-refractivity contribution in [3.8, 4) is 11.5 Å². The number of benzene rings is 2. The largest absolute Gasteiger partial charge is 0.492 e. The van der Waals surface area contributed by atoms with Crippen LogP contribution in [0.4, 0.5) is 5.69 Å². The van der Waals surface area contributed by atoms with Crippen LogP contribution < -0.4 is 19.1 Å². The van der Waals surface area contributed by atoms with Gasteiger partial charge in [-0.1, -0.05) is 12.5 Å². The Bertz CT molecular complexity index is 1310. The van der Waals surface area contributed by atoms with Gasteiger partial charge in [0.2, 0.25) is 20.0 Å². The highest BCUT2D eigenvalue weighted by Gasteiger charge is 2.35. The van der Waals surface area contributed by atoms with Gasteiger partial charge in [0, 0.05) is 13.1 Å². The third kappa shape index (κ3) is 5.93. The number of fused-ring (bicyclic) bond motifs is 1. The Kier molecular flexibility index (Phi) is 7.76. The lowest BCUT2D eigenvalue weighted by molar-refractivity contribution is -0.127. The first-order valence-electron chi connectivity index (χ1n) is 11.8. The van der Waals surface area contributed by atoms with Gasteiger partial charge in [-0.2, -0.15) is 4.31 Å². The molecule has 2 aromatic carbocycles. The summed E-state index contributed by atoms with van der Waals surface area (Å²) in [5, 5.41) is 2.71. The van der Waals surface area contributed by atoms with Gasteiger partial charge in [0.1, 0.15) is 18.1 Å². The van der Waals surface area contributed by atoms with Crippen molar-refractivity contribution in [2.75, 3.05) is 43.3 Å². The Morgan fingerprint density at radius 1 is 1.06 bits per heavy atom. The molecule has 2 aliphatic heterocycles. The summed E-state index contributed by atoms with van der Waals surface area (Å²) in [5.74, 6) is 0.355. The molecule has 1 saturated heterocycles. The average molecular weight is 538 g/mol. The molecular weight excluding hydrogens is 506 g/mol. The van der Waals surface area contributed by atoms with Crippen molar-refractivity contribution in [2.24, 2.45) is 0 Å². The van der Waals surface area contributed by atoms with E-state index in [1.165, 1.54) is 20.7 Å². The Morgan fingerprint density at radius 2 is 1.75 bits per heavy atom. The smallest absolute Gasteiger partial charge is 0.263 e. The van der Waals surface area contributed by atoms with Crippen LogP contribution in [-0.2, 0) is 24.8 Å². The van der Waals surface area contributed by atoms with Gasteiger partial charge < -0.3 is 14.8 Å². The first-order chi connectivity index (χ1) is 17.1. The summed E-state index contributed by atoms with van der Waals surface area (Å²) in [5.41, 5.74) is 1.28. The van der Waals surface area contributed by atoms with Crippen LogP contribution in [0.2, 0.25) is 0 Å². The monoisotopic (exact) mass is 537 g/mol. The molecule has 2 aromatic rings. The molecule has 0 spiro atoms. The van der Waals surface area contributed by atoms with E-state index in [0.29, 0.717) is 30.3 Å². The summed E-state index contributed by atoms with van der Waals surface area (Å²) >= 11 is 0. The van der Waals surface area contributed by atoms with Crippen LogP contribution in [0.25, 0.3) is 0 Å². The van der Waals surface area contributed by atoms with E-state index in [1.807, 2.05) is 6.92 Å². The number of nitrogens with zero attached hydrogens (tertiary/aromatic N) is 2. The Morgan fingerprint density at radius 3 is 2.42 bits per heavy atom. The van der Waals surface area contributed by atoms with E-state index in [1.54, 1.807) is 30.3 Å². The number of amides is 1. The molecule has 1 atom stereocenters. The quantitative estimate of drug-likeness (QED) is 0.510. The average Bonchev–Trinajstić information content (AvgIpc) is 2.86. The van der Waals surface area contributed by atoms with Gasteiger partial charge >= 0.3 is 0 Å². The van der Waals surface area contributed by atoms with Crippen molar-refractivity contribution in [2.45, 2.75) is 37.2 Å². The van der Waals surface area contributed by atoms with Crippen molar-refractivity contribution in [1.29, 1.82) is 0 Å². The number of anilines is 1. The molecule has 1 amide bonds. The lowest BCUT2D eigenvalue weighted by Crippen LogP contribution is -2.51. The van der Waals surface area contributed by atoms with Crippen molar-refractivity contribution in [3.63, 3.8) is 0 Å². The maximum absolute atomic E-state index is 12.7. The number of carbonyl (C=O) groups excluding carboxylic acids is 1. The van der Waals surface area contributed by atoms with Crippen molar-refractivity contribution in [3.05, 3.63) is 48.0 Å². The van der Waals surface area contributed by atoms with Gasteiger partial charge in [0.25, 0.3) is 5.91 Å². The predicted octanol–water partition coefficient (Wildman–Crippen LogP) is 1.89. The van der Waals surface area contributed by atoms with E-state index in [9.17, 15) is 21.6 Å². The van der Waals surface area contributed by atoms with Crippen LogP contribution in [0.15, 0.2) is 47.4 Å². The first kappa shape index (κ1) is 26.2. The van der Waals surface area contributed by atoms with Gasteiger partial charge in [-0.15, -0.1) is 0 Å². The van der Waals surface area contributed by atoms with Crippen LogP contribution in [-0.4, -0.2) is 72.2 Å². The second-order valence-corrected chi connectivity index (χ2v) is 12.8. The Labute approximate surface area is 212 Å². The van der Waals surface area contributed by atoms with Crippen LogP contribution >= 0.6 is 0 Å². The van der Waals surface area contributed by atoms with Gasteiger partial charge in [0.15, 0.2) is 6.10 Å². The SMILES string of the molecule is Cc1ccc2c(c1)OC(C(=O)NCCOc1ccc(S(=O)(=O)N3CCCCC3)cc1)CN2S(C)(=O)=O. The highest BCUT2D eigenvalue weighted by Crippen LogP contribution is 2.35. The fraction of sp³-hybridized carbons (Fsp3) is 0.458. The third-order valence-electron chi connectivity index (χ3n) is 6.12. The Hall–Kier alpha value is -2.83. The van der Waals surface area contributed by atoms with Crippen molar-refractivity contribution >= 4 is 31.6 Å². The molecule has 0 saturated carbocycles. The van der Waals surface area contributed by atoms with Crippen LogP contribution in [0.3, 0.4) is 0 Å². The predicted molar refractivity (Wildman–Crippen MR) is 135 cm³/mol. The molecule has 1 unspecified atom stereocenters. The number of rotatable bonds is 8. The number of aryl methyl sites for hydroxylation is 1. The number of nitrogens with one attached hydrogen (secondary N) is 1. The summed E-state index contributed by atoms with van der Waals surface area (Å²) in [6.07, 6.45) is 2.87. The molecule has 1 N–H and O–H groups in total. The molecule has 12 heteroatoms. The molecule has 0 radical (unpaired) electrons. The normalized spacial score (nSPS) is 18.7. The van der Waals surface area contributed by atoms with Crippen molar-refractivity contribution < 1.29 is 31.1 Å². The van der Waals surface area contributed by atoms with E-state index >= 15 is 0 Å². The zero-order valence-corrected chi connectivity index (χ0v) is 22.0. The molecule has 2 heterocycles. The molecule has 1 fully saturated rings. The lowest BCUT2D eigenvalue weighted by atomic mass is 10.1. The number of piperidine rings is 1. The van der Waals surface area contributed by atoms with E-state index in [4.69, 9.17) is 9.47 Å². The van der Waals surface area contributed by atoms with Gasteiger partial charge in [-0.3, -0.25) is 9.10 Å². The Balaban J connectivity index is 1.30. The highest BCUT2D eigenvalue weighted by atomic mass is 32.2. The second kappa shape index (κ2) is 10.7. The van der Waals surface area contributed by atoms with Crippen molar-refractivity contribution in [1.82, 2.24) is 9.62 Å². The second-order valence-electron chi connectivity index (χ2n) is 8.95. The minimum absolute atomic E-state index is 0.130. The summed E-state index contributed by atoms with van der Waals surface area (Å²) in [7, 11) is -7.11. The molecule has 10 nitrogen and oxygen atoms in total. The van der Waals surface area contributed by atoms with Gasteiger partial charge in [0.05, 0.1) is 29.9 Å². The minimum atomic E-state index is -3.60. The number of carbonyl (C=O) groups is 1. The van der Waals surface area contributed by atoms with E-state index < -0.39 is 32.1 Å². The lowest BCUT2D eigenvalue weighted by Gasteiger charge is -2.34. The number of hydrogen-bond acceptors (Lipinski definition) is 7. The van der Waals surface area contributed by atoms with E-state index in [0.717, 1.165) is 31.1 Å². The van der Waals surface area contributed by atoms with E-state index in [-0.39, 0.29) is 24.6 Å².